The highest BCUT2D eigenvalue weighted by Crippen LogP contribution is 2.37. The van der Waals surface area contributed by atoms with Crippen LogP contribution >= 0.6 is 0 Å². The quantitative estimate of drug-likeness (QED) is 0.637. The van der Waals surface area contributed by atoms with Gasteiger partial charge < -0.3 is 20.1 Å². The summed E-state index contributed by atoms with van der Waals surface area (Å²) in [6, 6.07) is 15.8. The van der Waals surface area contributed by atoms with Gasteiger partial charge in [-0.15, -0.1) is 0 Å². The van der Waals surface area contributed by atoms with E-state index in [9.17, 15) is 19.5 Å². The molecule has 0 radical (unpaired) electrons. The first kappa shape index (κ1) is 24.0. The van der Waals surface area contributed by atoms with E-state index in [1.165, 1.54) is 7.11 Å². The number of carbonyl (C=O) groups is 3. The number of nitrogens with one attached hydrogen (secondary N) is 1. The Morgan fingerprint density at radius 3 is 2.26 bits per heavy atom. The highest BCUT2D eigenvalue weighted by molar-refractivity contribution is 5.99. The van der Waals surface area contributed by atoms with Crippen LogP contribution in [0, 0.1) is 11.8 Å². The first-order valence-electron chi connectivity index (χ1n) is 12.0. The third kappa shape index (κ3) is 5.14. The number of likely N-dealkylation sites (tertiary alicyclic amines) is 1. The number of amides is 2. The van der Waals surface area contributed by atoms with Gasteiger partial charge in [0.2, 0.25) is 11.8 Å². The summed E-state index contributed by atoms with van der Waals surface area (Å²) in [7, 11) is 1.32. The Kier molecular flexibility index (Phi) is 7.63. The van der Waals surface area contributed by atoms with Crippen LogP contribution in [0.2, 0.25) is 0 Å². The predicted octanol–water partition coefficient (Wildman–Crippen LogP) is 3.60. The van der Waals surface area contributed by atoms with Gasteiger partial charge in [0.1, 0.15) is 6.04 Å². The minimum atomic E-state index is -0.606. The van der Waals surface area contributed by atoms with Gasteiger partial charge in [-0.05, 0) is 67.9 Å². The number of ether oxygens (including phenoxy) is 1. The number of anilines is 1. The van der Waals surface area contributed by atoms with Crippen molar-refractivity contribution >= 4 is 23.5 Å². The van der Waals surface area contributed by atoms with E-state index in [0.29, 0.717) is 17.8 Å². The molecule has 4 rings (SSSR count). The standard InChI is InChI=1S/C27H32N2O5/c1-34-27(33)21-11-13-22(14-12-21)28-25(31)24-23(19-5-3-2-4-6-19)15-16-29(24)26(32)20-9-7-18(17-30)8-10-20/h2-6,11-14,18,20,23-24,30H,7-10,15-17H2,1H3,(H,28,31)/t18-,20-,23-,24-/m0/s1. The molecule has 0 aromatic heterocycles. The molecule has 0 bridgehead atoms. The summed E-state index contributed by atoms with van der Waals surface area (Å²) >= 11 is 0. The summed E-state index contributed by atoms with van der Waals surface area (Å²) in [6.07, 6.45) is 3.90. The summed E-state index contributed by atoms with van der Waals surface area (Å²) < 4.78 is 4.73. The lowest BCUT2D eigenvalue weighted by atomic mass is 9.81. The van der Waals surface area contributed by atoms with Crippen LogP contribution in [0.5, 0.6) is 0 Å². The molecule has 2 N–H and O–H groups in total. The summed E-state index contributed by atoms with van der Waals surface area (Å²) in [5, 5.41) is 12.4. The van der Waals surface area contributed by atoms with Crippen molar-refractivity contribution in [3.8, 4) is 0 Å². The normalized spacial score (nSPS) is 24.5. The lowest BCUT2D eigenvalue weighted by Crippen LogP contribution is -2.48. The molecule has 1 saturated carbocycles. The highest BCUT2D eigenvalue weighted by Gasteiger charge is 2.44. The molecule has 2 amide bonds. The minimum Gasteiger partial charge on any atom is -0.465 e. The number of benzene rings is 2. The van der Waals surface area contributed by atoms with Crippen LogP contribution in [0.1, 0.15) is 53.9 Å². The Morgan fingerprint density at radius 1 is 0.971 bits per heavy atom. The largest absolute Gasteiger partial charge is 0.465 e. The second kappa shape index (κ2) is 10.8. The molecule has 34 heavy (non-hydrogen) atoms. The van der Waals surface area contributed by atoms with Gasteiger partial charge in [0.05, 0.1) is 12.7 Å². The molecule has 1 aliphatic carbocycles. The smallest absolute Gasteiger partial charge is 0.337 e. The maximum Gasteiger partial charge on any atom is 0.337 e. The molecule has 0 unspecified atom stereocenters. The Balaban J connectivity index is 1.54. The van der Waals surface area contributed by atoms with Crippen molar-refractivity contribution in [2.24, 2.45) is 11.8 Å². The second-order valence-corrected chi connectivity index (χ2v) is 9.24. The molecule has 180 valence electrons. The zero-order chi connectivity index (χ0) is 24.1. The summed E-state index contributed by atoms with van der Waals surface area (Å²) in [4.78, 5) is 40.5. The van der Waals surface area contributed by atoms with Crippen LogP contribution in [-0.2, 0) is 14.3 Å². The number of carbonyl (C=O) groups excluding carboxylic acids is 3. The molecule has 2 fully saturated rings. The van der Waals surface area contributed by atoms with Gasteiger partial charge in [-0.1, -0.05) is 30.3 Å². The fourth-order valence-electron chi connectivity index (χ4n) is 5.26. The molecule has 1 saturated heterocycles. The molecule has 1 aliphatic heterocycles. The molecule has 7 nitrogen and oxygen atoms in total. The van der Waals surface area contributed by atoms with Crippen LogP contribution in [0.4, 0.5) is 5.69 Å². The van der Waals surface area contributed by atoms with Gasteiger partial charge in [0.25, 0.3) is 0 Å². The van der Waals surface area contributed by atoms with E-state index in [2.05, 4.69) is 5.32 Å². The van der Waals surface area contributed by atoms with Gasteiger partial charge >= 0.3 is 5.97 Å². The van der Waals surface area contributed by atoms with Crippen molar-refractivity contribution in [1.29, 1.82) is 0 Å². The van der Waals surface area contributed by atoms with Crippen LogP contribution in [0.3, 0.4) is 0 Å². The number of hydrogen-bond acceptors (Lipinski definition) is 5. The summed E-state index contributed by atoms with van der Waals surface area (Å²) in [5.41, 5.74) is 2.01. The highest BCUT2D eigenvalue weighted by atomic mass is 16.5. The topological polar surface area (TPSA) is 95.9 Å². The number of nitrogens with zero attached hydrogens (tertiary/aromatic N) is 1. The number of aliphatic hydroxyl groups is 1. The fourth-order valence-corrected chi connectivity index (χ4v) is 5.26. The minimum absolute atomic E-state index is 0.0380. The average molecular weight is 465 g/mol. The first-order chi connectivity index (χ1) is 16.5. The zero-order valence-corrected chi connectivity index (χ0v) is 19.5. The third-order valence-electron chi connectivity index (χ3n) is 7.21. The van der Waals surface area contributed by atoms with Crippen molar-refractivity contribution in [3.05, 3.63) is 65.7 Å². The fraction of sp³-hybridized carbons (Fsp3) is 0.444. The lowest BCUT2D eigenvalue weighted by Gasteiger charge is -2.33. The number of rotatable bonds is 6. The van der Waals surface area contributed by atoms with Gasteiger partial charge in [-0.2, -0.15) is 0 Å². The van der Waals surface area contributed by atoms with Crippen molar-refractivity contribution in [3.63, 3.8) is 0 Å². The van der Waals surface area contributed by atoms with Crippen LogP contribution < -0.4 is 5.32 Å². The maximum absolute atomic E-state index is 13.5. The Hall–Kier alpha value is -3.19. The van der Waals surface area contributed by atoms with E-state index < -0.39 is 12.0 Å². The molecule has 1 heterocycles. The number of esters is 1. The molecule has 2 atom stereocenters. The summed E-state index contributed by atoms with van der Waals surface area (Å²) in [5.74, 6) is -0.553. The van der Waals surface area contributed by atoms with E-state index in [1.54, 1.807) is 29.2 Å². The third-order valence-corrected chi connectivity index (χ3v) is 7.21. The molecular weight excluding hydrogens is 432 g/mol. The molecule has 7 heteroatoms. The second-order valence-electron chi connectivity index (χ2n) is 9.24. The van der Waals surface area contributed by atoms with Crippen molar-refractivity contribution in [2.45, 2.75) is 44.1 Å². The van der Waals surface area contributed by atoms with Crippen molar-refractivity contribution in [2.75, 3.05) is 25.6 Å². The van der Waals surface area contributed by atoms with E-state index >= 15 is 0 Å². The Labute approximate surface area is 200 Å². The molecule has 2 aliphatic rings. The monoisotopic (exact) mass is 464 g/mol. The number of hydrogen-bond donors (Lipinski definition) is 2. The average Bonchev–Trinajstić information content (AvgIpc) is 3.34. The van der Waals surface area contributed by atoms with E-state index in [0.717, 1.165) is 37.7 Å². The molecule has 2 aromatic rings. The predicted molar refractivity (Wildman–Crippen MR) is 128 cm³/mol. The van der Waals surface area contributed by atoms with Crippen molar-refractivity contribution in [1.82, 2.24) is 4.90 Å². The van der Waals surface area contributed by atoms with E-state index in [4.69, 9.17) is 4.74 Å². The molecule has 0 spiro atoms. The maximum atomic E-state index is 13.5. The Morgan fingerprint density at radius 2 is 1.65 bits per heavy atom. The number of methoxy groups -OCH3 is 1. The van der Waals surface area contributed by atoms with Crippen LogP contribution in [-0.4, -0.2) is 54.1 Å². The zero-order valence-electron chi connectivity index (χ0n) is 19.5. The van der Waals surface area contributed by atoms with Gasteiger partial charge in [0, 0.05) is 30.7 Å². The lowest BCUT2D eigenvalue weighted by molar-refractivity contribution is -0.141. The molecule has 2 aromatic carbocycles. The van der Waals surface area contributed by atoms with Crippen LogP contribution in [0.15, 0.2) is 54.6 Å². The number of aliphatic hydroxyl groups excluding tert-OH is 1. The van der Waals surface area contributed by atoms with Gasteiger partial charge in [-0.3, -0.25) is 9.59 Å². The SMILES string of the molecule is COC(=O)c1ccc(NC(=O)[C@@H]2[C@H](c3ccccc3)CCN2C(=O)[C@H]2CC[C@H](CO)CC2)cc1. The van der Waals surface area contributed by atoms with Gasteiger partial charge in [-0.25, -0.2) is 4.79 Å². The first-order valence-corrected chi connectivity index (χ1v) is 12.0. The van der Waals surface area contributed by atoms with Crippen LogP contribution in [0.25, 0.3) is 0 Å². The van der Waals surface area contributed by atoms with E-state index in [-0.39, 0.29) is 36.2 Å². The Bertz CT molecular complexity index is 999. The van der Waals surface area contributed by atoms with Crippen molar-refractivity contribution < 1.29 is 24.2 Å². The van der Waals surface area contributed by atoms with E-state index in [1.807, 2.05) is 30.3 Å². The summed E-state index contributed by atoms with van der Waals surface area (Å²) in [6.45, 7) is 0.707. The molecular formula is C27H32N2O5. The van der Waals surface area contributed by atoms with Gasteiger partial charge in [0.15, 0.2) is 0 Å².